The third-order valence-electron chi connectivity index (χ3n) is 6.16. The fraction of sp³-hybridized carbons (Fsp3) is 0.310. The maximum Gasteiger partial charge on any atom is 0.264 e. The molecule has 0 aromatic heterocycles. The molecule has 0 bridgehead atoms. The van der Waals surface area contributed by atoms with Crippen molar-refractivity contribution in [2.45, 2.75) is 44.7 Å². The molecule has 0 saturated carbocycles. The third-order valence-corrected chi connectivity index (χ3v) is 8.84. The fourth-order valence-electron chi connectivity index (χ4n) is 4.06. The van der Waals surface area contributed by atoms with Crippen molar-refractivity contribution in [3.8, 4) is 0 Å². The molecule has 3 aromatic rings. The minimum absolute atomic E-state index is 0.00302. The van der Waals surface area contributed by atoms with Gasteiger partial charge >= 0.3 is 0 Å². The Hall–Kier alpha value is -2.78. The molecule has 0 fully saturated rings. The van der Waals surface area contributed by atoms with Gasteiger partial charge in [-0.15, -0.1) is 0 Å². The van der Waals surface area contributed by atoms with Gasteiger partial charge in [-0.3, -0.25) is 13.9 Å². The molecule has 0 unspecified atom stereocenters. The topological polar surface area (TPSA) is 86.8 Å². The number of sulfonamides is 1. The molecule has 3 rings (SSSR count). The number of halogens is 3. The lowest BCUT2D eigenvalue weighted by molar-refractivity contribution is -0.140. The zero-order chi connectivity index (χ0) is 29.4. The number of nitrogens with one attached hydrogen (secondary N) is 1. The summed E-state index contributed by atoms with van der Waals surface area (Å²) in [5.41, 5.74) is 0.702. The SMILES string of the molecule is CC[C@@H](C(=O)NCC(C)C)N(Cc1ccc(Cl)cc1Cl)C(=O)CN(c1ccccc1Cl)S(=O)(=O)c1ccccc1. The second kappa shape index (κ2) is 14.2. The minimum atomic E-state index is -4.21. The lowest BCUT2D eigenvalue weighted by Gasteiger charge is -2.33. The molecule has 0 aliphatic heterocycles. The number of carbonyl (C=O) groups is 2. The second-order valence-corrected chi connectivity index (χ2v) is 12.7. The number of nitrogens with zero attached hydrogens (tertiary/aromatic N) is 2. The summed E-state index contributed by atoms with van der Waals surface area (Å²) in [6.45, 7) is 5.51. The Labute approximate surface area is 251 Å². The summed E-state index contributed by atoms with van der Waals surface area (Å²) in [7, 11) is -4.21. The number of amides is 2. The zero-order valence-corrected chi connectivity index (χ0v) is 25.6. The van der Waals surface area contributed by atoms with E-state index in [2.05, 4.69) is 5.32 Å². The number of carbonyl (C=O) groups excluding carboxylic acids is 2. The lowest BCUT2D eigenvalue weighted by atomic mass is 10.1. The van der Waals surface area contributed by atoms with Crippen molar-refractivity contribution >= 4 is 62.3 Å². The molecule has 11 heteroatoms. The summed E-state index contributed by atoms with van der Waals surface area (Å²) < 4.78 is 28.6. The van der Waals surface area contributed by atoms with E-state index in [9.17, 15) is 18.0 Å². The summed E-state index contributed by atoms with van der Waals surface area (Å²) in [6, 6.07) is 18.2. The number of benzene rings is 3. The van der Waals surface area contributed by atoms with E-state index in [4.69, 9.17) is 34.8 Å². The van der Waals surface area contributed by atoms with Gasteiger partial charge in [-0.05, 0) is 54.3 Å². The largest absolute Gasteiger partial charge is 0.354 e. The van der Waals surface area contributed by atoms with E-state index >= 15 is 0 Å². The van der Waals surface area contributed by atoms with Gasteiger partial charge in [-0.1, -0.05) is 92.0 Å². The molecule has 214 valence electrons. The number of anilines is 1. The van der Waals surface area contributed by atoms with Crippen LogP contribution < -0.4 is 9.62 Å². The standard InChI is InChI=1S/C29H32Cl3N3O4S/c1-4-26(29(37)33-17-20(2)3)34(18-21-14-15-22(30)16-25(21)32)28(36)19-35(27-13-9-8-12-24(27)31)40(38,39)23-10-6-5-7-11-23/h5-16,20,26H,4,17-19H2,1-3H3,(H,33,37)/t26-/m0/s1. The zero-order valence-electron chi connectivity index (χ0n) is 22.5. The van der Waals surface area contributed by atoms with Crippen molar-refractivity contribution in [3.05, 3.63) is 93.4 Å². The quantitative estimate of drug-likeness (QED) is 0.252. The average molecular weight is 625 g/mol. The summed E-state index contributed by atoms with van der Waals surface area (Å²) in [4.78, 5) is 28.7. The molecular formula is C29H32Cl3N3O4S. The third kappa shape index (κ3) is 7.91. The molecule has 1 atom stereocenters. The normalized spacial score (nSPS) is 12.2. The molecule has 0 aliphatic rings. The molecule has 2 amide bonds. The Kier molecular flexibility index (Phi) is 11.3. The van der Waals surface area contributed by atoms with Gasteiger partial charge < -0.3 is 10.2 Å². The van der Waals surface area contributed by atoms with E-state index in [0.29, 0.717) is 28.6 Å². The van der Waals surface area contributed by atoms with E-state index in [1.54, 1.807) is 61.5 Å². The van der Waals surface area contributed by atoms with Crippen LogP contribution in [0.3, 0.4) is 0 Å². The molecular weight excluding hydrogens is 593 g/mol. The van der Waals surface area contributed by atoms with Gasteiger partial charge in [0.05, 0.1) is 15.6 Å². The van der Waals surface area contributed by atoms with Gasteiger partial charge in [0.25, 0.3) is 10.0 Å². The van der Waals surface area contributed by atoms with Crippen molar-refractivity contribution in [1.29, 1.82) is 0 Å². The first-order valence-electron chi connectivity index (χ1n) is 12.8. The fourth-order valence-corrected chi connectivity index (χ4v) is 6.27. The Morgan fingerprint density at radius 2 is 1.55 bits per heavy atom. The van der Waals surface area contributed by atoms with Crippen molar-refractivity contribution in [3.63, 3.8) is 0 Å². The number of rotatable bonds is 12. The molecule has 0 saturated heterocycles. The average Bonchev–Trinajstić information content (AvgIpc) is 2.92. The molecule has 1 N–H and O–H groups in total. The summed E-state index contributed by atoms with van der Waals surface area (Å²) in [6.07, 6.45) is 0.290. The van der Waals surface area contributed by atoms with Crippen LogP contribution in [0.2, 0.25) is 15.1 Å². The molecule has 0 spiro atoms. The molecule has 0 aliphatic carbocycles. The van der Waals surface area contributed by atoms with Crippen LogP contribution in [0.15, 0.2) is 77.7 Å². The van der Waals surface area contributed by atoms with Crippen molar-refractivity contribution < 1.29 is 18.0 Å². The first-order valence-corrected chi connectivity index (χ1v) is 15.4. The Bertz CT molecular complexity index is 1440. The van der Waals surface area contributed by atoms with Gasteiger partial charge in [-0.2, -0.15) is 0 Å². The highest BCUT2D eigenvalue weighted by atomic mass is 35.5. The maximum atomic E-state index is 14.1. The van der Waals surface area contributed by atoms with Gasteiger partial charge in [0.1, 0.15) is 12.6 Å². The van der Waals surface area contributed by atoms with Crippen molar-refractivity contribution in [2.75, 3.05) is 17.4 Å². The van der Waals surface area contributed by atoms with Crippen LogP contribution >= 0.6 is 34.8 Å². The van der Waals surface area contributed by atoms with Crippen LogP contribution in [0, 0.1) is 5.92 Å². The van der Waals surface area contributed by atoms with Crippen LogP contribution in [0.1, 0.15) is 32.8 Å². The van der Waals surface area contributed by atoms with E-state index in [-0.39, 0.29) is 34.0 Å². The Morgan fingerprint density at radius 1 is 0.900 bits per heavy atom. The molecule has 3 aromatic carbocycles. The smallest absolute Gasteiger partial charge is 0.264 e. The second-order valence-electron chi connectivity index (χ2n) is 9.60. The Balaban J connectivity index is 2.07. The predicted octanol–water partition coefficient (Wildman–Crippen LogP) is 6.42. The van der Waals surface area contributed by atoms with E-state index in [1.165, 1.54) is 23.1 Å². The van der Waals surface area contributed by atoms with Gasteiger partial charge in [0, 0.05) is 23.1 Å². The first-order chi connectivity index (χ1) is 18.9. The summed E-state index contributed by atoms with van der Waals surface area (Å²) in [5, 5.41) is 3.79. The highest BCUT2D eigenvalue weighted by molar-refractivity contribution is 7.92. The first kappa shape index (κ1) is 31.7. The maximum absolute atomic E-state index is 14.1. The summed E-state index contributed by atoms with van der Waals surface area (Å²) >= 11 is 18.9. The molecule has 40 heavy (non-hydrogen) atoms. The van der Waals surface area contributed by atoms with Gasteiger partial charge in [0.2, 0.25) is 11.8 Å². The predicted molar refractivity (Wildman–Crippen MR) is 161 cm³/mol. The van der Waals surface area contributed by atoms with Crippen molar-refractivity contribution in [1.82, 2.24) is 10.2 Å². The van der Waals surface area contributed by atoms with E-state index in [1.807, 2.05) is 13.8 Å². The minimum Gasteiger partial charge on any atom is -0.354 e. The van der Waals surface area contributed by atoms with Crippen molar-refractivity contribution in [2.24, 2.45) is 5.92 Å². The van der Waals surface area contributed by atoms with Gasteiger partial charge in [0.15, 0.2) is 0 Å². The van der Waals surface area contributed by atoms with E-state index < -0.39 is 28.5 Å². The number of hydrogen-bond donors (Lipinski definition) is 1. The van der Waals surface area contributed by atoms with Crippen LogP contribution in [-0.2, 0) is 26.2 Å². The van der Waals surface area contributed by atoms with Crippen LogP contribution in [0.25, 0.3) is 0 Å². The number of para-hydroxylation sites is 1. The molecule has 0 heterocycles. The van der Waals surface area contributed by atoms with Crippen LogP contribution in [-0.4, -0.2) is 44.3 Å². The van der Waals surface area contributed by atoms with Crippen LogP contribution in [0.5, 0.6) is 0 Å². The molecule has 0 radical (unpaired) electrons. The van der Waals surface area contributed by atoms with E-state index in [0.717, 1.165) is 4.31 Å². The monoisotopic (exact) mass is 623 g/mol. The highest BCUT2D eigenvalue weighted by Gasteiger charge is 2.34. The summed E-state index contributed by atoms with van der Waals surface area (Å²) in [5.74, 6) is -0.745. The molecule has 7 nitrogen and oxygen atoms in total. The van der Waals surface area contributed by atoms with Crippen LogP contribution in [0.4, 0.5) is 5.69 Å². The highest BCUT2D eigenvalue weighted by Crippen LogP contribution is 2.31. The van der Waals surface area contributed by atoms with Gasteiger partial charge in [-0.25, -0.2) is 8.42 Å². The lowest BCUT2D eigenvalue weighted by Crippen LogP contribution is -2.52. The Morgan fingerprint density at radius 3 is 2.15 bits per heavy atom. The number of hydrogen-bond acceptors (Lipinski definition) is 4.